The van der Waals surface area contributed by atoms with Crippen LogP contribution in [0.2, 0.25) is 15.1 Å². The first-order valence-corrected chi connectivity index (χ1v) is 12.8. The molecule has 0 radical (unpaired) electrons. The van der Waals surface area contributed by atoms with E-state index in [4.69, 9.17) is 34.8 Å². The summed E-state index contributed by atoms with van der Waals surface area (Å²) < 4.78 is 40.9. The van der Waals surface area contributed by atoms with Crippen LogP contribution in [0.1, 0.15) is 11.3 Å². The first-order chi connectivity index (χ1) is 14.7. The van der Waals surface area contributed by atoms with Crippen LogP contribution in [0.15, 0.2) is 46.7 Å². The van der Waals surface area contributed by atoms with E-state index in [0.29, 0.717) is 42.6 Å². The molecule has 4 rings (SSSR count). The van der Waals surface area contributed by atoms with E-state index in [2.05, 4.69) is 4.98 Å². The summed E-state index contributed by atoms with van der Waals surface area (Å²) in [6.07, 6.45) is 0.468. The molecule has 2 aromatic carbocycles. The van der Waals surface area contributed by atoms with Crippen LogP contribution in [0.25, 0.3) is 0 Å². The molecule has 1 aromatic heterocycles. The largest absolute Gasteiger partial charge is 0.345 e. The van der Waals surface area contributed by atoms with Crippen LogP contribution in [0.4, 0.5) is 9.52 Å². The van der Waals surface area contributed by atoms with Gasteiger partial charge >= 0.3 is 0 Å². The summed E-state index contributed by atoms with van der Waals surface area (Å²) in [5.41, 5.74) is 1.55. The van der Waals surface area contributed by atoms with Crippen molar-refractivity contribution in [1.29, 1.82) is 0 Å². The van der Waals surface area contributed by atoms with Gasteiger partial charge in [-0.1, -0.05) is 34.8 Å². The molecule has 0 unspecified atom stereocenters. The summed E-state index contributed by atoms with van der Waals surface area (Å²) in [6.45, 7) is 1.60. The third-order valence-corrected chi connectivity index (χ3v) is 8.65. The fourth-order valence-electron chi connectivity index (χ4n) is 3.38. The van der Waals surface area contributed by atoms with Gasteiger partial charge < -0.3 is 4.90 Å². The highest BCUT2D eigenvalue weighted by Crippen LogP contribution is 2.30. The average molecular weight is 521 g/mol. The Morgan fingerprint density at radius 3 is 2.45 bits per heavy atom. The van der Waals surface area contributed by atoms with Gasteiger partial charge in [0, 0.05) is 48.0 Å². The molecular formula is C20H17Cl3FN3O2S2. The smallest absolute Gasteiger partial charge is 0.244 e. The lowest BCUT2D eigenvalue weighted by atomic mass is 10.1. The number of rotatable bonds is 5. The molecule has 3 aromatic rings. The Hall–Kier alpha value is -1.42. The van der Waals surface area contributed by atoms with Crippen molar-refractivity contribution in [2.45, 2.75) is 11.3 Å². The van der Waals surface area contributed by atoms with Gasteiger partial charge in [0.15, 0.2) is 5.13 Å². The molecule has 164 valence electrons. The van der Waals surface area contributed by atoms with Crippen molar-refractivity contribution in [3.63, 3.8) is 0 Å². The van der Waals surface area contributed by atoms with E-state index in [1.807, 2.05) is 10.3 Å². The SMILES string of the molecule is O=S(=O)(c1cc(Cl)ccc1Cl)N1CCN(c2nc(Cc3cc(F)cc(Cl)c3)cs2)CC1. The van der Waals surface area contributed by atoms with Crippen LogP contribution in [-0.4, -0.2) is 43.9 Å². The van der Waals surface area contributed by atoms with Crippen LogP contribution in [0, 0.1) is 5.82 Å². The van der Waals surface area contributed by atoms with Gasteiger partial charge in [0.25, 0.3) is 0 Å². The first-order valence-electron chi connectivity index (χ1n) is 9.32. The zero-order chi connectivity index (χ0) is 22.2. The second-order valence-corrected chi connectivity index (χ2v) is 11.1. The molecule has 1 saturated heterocycles. The van der Waals surface area contributed by atoms with Crippen molar-refractivity contribution in [1.82, 2.24) is 9.29 Å². The number of thiazole rings is 1. The lowest BCUT2D eigenvalue weighted by molar-refractivity contribution is 0.384. The van der Waals surface area contributed by atoms with Crippen LogP contribution < -0.4 is 4.90 Å². The number of aromatic nitrogens is 1. The van der Waals surface area contributed by atoms with Gasteiger partial charge in [-0.15, -0.1) is 11.3 Å². The van der Waals surface area contributed by atoms with Crippen molar-refractivity contribution >= 4 is 61.3 Å². The third kappa shape index (κ3) is 5.16. The first kappa shape index (κ1) is 22.8. The molecule has 1 aliphatic rings. The minimum absolute atomic E-state index is 0.0143. The Morgan fingerprint density at radius 2 is 1.74 bits per heavy atom. The molecule has 0 bridgehead atoms. The highest BCUT2D eigenvalue weighted by Gasteiger charge is 2.31. The zero-order valence-corrected chi connectivity index (χ0v) is 20.0. The molecule has 0 spiro atoms. The standard InChI is InChI=1S/C20H17Cl3FN3O2S2/c21-14-1-2-18(23)19(11-14)31(28,29)27-5-3-26(4-6-27)20-25-17(12-30-20)9-13-7-15(22)10-16(24)8-13/h1-2,7-8,10-12H,3-6,9H2. The van der Waals surface area contributed by atoms with E-state index in [-0.39, 0.29) is 15.7 Å². The van der Waals surface area contributed by atoms with E-state index in [9.17, 15) is 12.8 Å². The Labute approximate surface area is 199 Å². The van der Waals surface area contributed by atoms with Crippen molar-refractivity contribution in [3.8, 4) is 0 Å². The molecule has 1 fully saturated rings. The van der Waals surface area contributed by atoms with Crippen LogP contribution >= 0.6 is 46.1 Å². The van der Waals surface area contributed by atoms with Gasteiger partial charge in [0.05, 0.1) is 10.7 Å². The number of hydrogen-bond acceptors (Lipinski definition) is 5. The molecule has 0 aliphatic carbocycles. The van der Waals surface area contributed by atoms with Gasteiger partial charge in [0.2, 0.25) is 10.0 Å². The van der Waals surface area contributed by atoms with E-state index in [0.717, 1.165) is 16.4 Å². The maximum Gasteiger partial charge on any atom is 0.244 e. The lowest BCUT2D eigenvalue weighted by Crippen LogP contribution is -2.48. The second kappa shape index (κ2) is 9.21. The quantitative estimate of drug-likeness (QED) is 0.455. The van der Waals surface area contributed by atoms with Crippen LogP contribution in [-0.2, 0) is 16.4 Å². The number of piperazine rings is 1. The van der Waals surface area contributed by atoms with Gasteiger partial charge in [-0.2, -0.15) is 4.31 Å². The van der Waals surface area contributed by atoms with Crippen molar-refractivity contribution in [2.24, 2.45) is 0 Å². The topological polar surface area (TPSA) is 53.5 Å². The molecule has 0 saturated carbocycles. The van der Waals surface area contributed by atoms with Gasteiger partial charge in [-0.05, 0) is 42.0 Å². The van der Waals surface area contributed by atoms with E-state index in [1.54, 1.807) is 12.1 Å². The monoisotopic (exact) mass is 519 g/mol. The van der Waals surface area contributed by atoms with E-state index in [1.165, 1.54) is 39.9 Å². The van der Waals surface area contributed by atoms with Crippen molar-refractivity contribution < 1.29 is 12.8 Å². The summed E-state index contributed by atoms with van der Waals surface area (Å²) >= 11 is 19.5. The normalized spacial score (nSPS) is 15.4. The summed E-state index contributed by atoms with van der Waals surface area (Å²) in [5, 5.41) is 3.53. The van der Waals surface area contributed by atoms with Crippen molar-refractivity contribution in [2.75, 3.05) is 31.1 Å². The predicted octanol–water partition coefficient (Wildman–Crippen LogP) is 5.34. The Balaban J connectivity index is 1.43. The molecule has 5 nitrogen and oxygen atoms in total. The Kier molecular flexibility index (Phi) is 6.76. The fraction of sp³-hybridized carbons (Fsp3) is 0.250. The Morgan fingerprint density at radius 1 is 1.00 bits per heavy atom. The summed E-state index contributed by atoms with van der Waals surface area (Å²) in [6, 6.07) is 8.83. The van der Waals surface area contributed by atoms with Gasteiger partial charge in [-0.3, -0.25) is 0 Å². The summed E-state index contributed by atoms with van der Waals surface area (Å²) in [5.74, 6) is -0.380. The maximum atomic E-state index is 13.5. The fourth-order valence-corrected chi connectivity index (χ4v) is 6.66. The highest BCUT2D eigenvalue weighted by molar-refractivity contribution is 7.89. The number of anilines is 1. The number of sulfonamides is 1. The molecule has 2 heterocycles. The minimum atomic E-state index is -3.74. The minimum Gasteiger partial charge on any atom is -0.345 e. The zero-order valence-electron chi connectivity index (χ0n) is 16.1. The average Bonchev–Trinajstić information content (AvgIpc) is 3.17. The lowest BCUT2D eigenvalue weighted by Gasteiger charge is -2.34. The second-order valence-electron chi connectivity index (χ2n) is 7.04. The number of nitrogens with zero attached hydrogens (tertiary/aromatic N) is 3. The third-order valence-electron chi connectivity index (χ3n) is 4.87. The molecule has 0 amide bonds. The van der Waals surface area contributed by atoms with Crippen molar-refractivity contribution in [3.05, 3.63) is 73.9 Å². The molecule has 0 atom stereocenters. The van der Waals surface area contributed by atoms with Gasteiger partial charge in [0.1, 0.15) is 10.7 Å². The summed E-state index contributed by atoms with van der Waals surface area (Å²) in [7, 11) is -3.74. The van der Waals surface area contributed by atoms with E-state index >= 15 is 0 Å². The number of benzene rings is 2. The highest BCUT2D eigenvalue weighted by atomic mass is 35.5. The molecule has 0 N–H and O–H groups in total. The predicted molar refractivity (Wildman–Crippen MR) is 124 cm³/mol. The van der Waals surface area contributed by atoms with Crippen LogP contribution in [0.3, 0.4) is 0 Å². The van der Waals surface area contributed by atoms with Crippen LogP contribution in [0.5, 0.6) is 0 Å². The number of hydrogen-bond donors (Lipinski definition) is 0. The maximum absolute atomic E-state index is 13.5. The molecule has 31 heavy (non-hydrogen) atoms. The summed E-state index contributed by atoms with van der Waals surface area (Å²) in [4.78, 5) is 6.69. The molecular weight excluding hydrogens is 504 g/mol. The molecule has 1 aliphatic heterocycles. The Bertz CT molecular complexity index is 1190. The van der Waals surface area contributed by atoms with Gasteiger partial charge in [-0.25, -0.2) is 17.8 Å². The molecule has 11 heteroatoms. The number of halogens is 4. The van der Waals surface area contributed by atoms with E-state index < -0.39 is 10.0 Å².